The Hall–Kier alpha value is -2.85. The van der Waals surface area contributed by atoms with Gasteiger partial charge in [0.1, 0.15) is 5.75 Å². The third-order valence-electron chi connectivity index (χ3n) is 5.33. The van der Waals surface area contributed by atoms with Gasteiger partial charge in [-0.05, 0) is 41.5 Å². The maximum Gasteiger partial charge on any atom is 0.254 e. The Morgan fingerprint density at radius 1 is 0.929 bits per heavy atom. The number of piperazine rings is 1. The van der Waals surface area contributed by atoms with Crippen LogP contribution >= 0.6 is 0 Å². The fourth-order valence-corrected chi connectivity index (χ4v) is 3.85. The first-order valence-electron chi connectivity index (χ1n) is 9.96. The molecule has 0 unspecified atom stereocenters. The molecule has 1 aliphatic rings. The maximum atomic E-state index is 12.8. The van der Waals surface area contributed by atoms with Crippen LogP contribution in [0, 0.1) is 0 Å². The van der Waals surface area contributed by atoms with Gasteiger partial charge in [0.2, 0.25) is 0 Å². The second kappa shape index (κ2) is 8.44. The second-order valence-corrected chi connectivity index (χ2v) is 7.17. The normalized spacial score (nSPS) is 15.0. The van der Waals surface area contributed by atoms with Gasteiger partial charge in [-0.1, -0.05) is 48.5 Å². The zero-order valence-corrected chi connectivity index (χ0v) is 16.3. The molecule has 1 fully saturated rings. The number of nitrogens with zero attached hydrogens (tertiary/aromatic N) is 2. The predicted molar refractivity (Wildman–Crippen MR) is 113 cm³/mol. The molecule has 4 heteroatoms. The Balaban J connectivity index is 1.39. The number of carbonyl (C=O) groups excluding carboxylic acids is 1. The molecule has 0 N–H and O–H groups in total. The van der Waals surface area contributed by atoms with E-state index >= 15 is 0 Å². The lowest BCUT2D eigenvalue weighted by Gasteiger charge is -2.35. The van der Waals surface area contributed by atoms with E-state index in [2.05, 4.69) is 47.4 Å². The van der Waals surface area contributed by atoms with Crippen molar-refractivity contribution in [1.82, 2.24) is 9.80 Å². The lowest BCUT2D eigenvalue weighted by Crippen LogP contribution is -2.48. The summed E-state index contributed by atoms with van der Waals surface area (Å²) in [5.41, 5.74) is 2.05. The van der Waals surface area contributed by atoms with Gasteiger partial charge in [0.05, 0.1) is 6.61 Å². The number of benzene rings is 3. The topological polar surface area (TPSA) is 32.8 Å². The molecule has 1 amide bonds. The van der Waals surface area contributed by atoms with E-state index in [-0.39, 0.29) is 5.91 Å². The van der Waals surface area contributed by atoms with E-state index in [9.17, 15) is 4.79 Å². The zero-order valence-electron chi connectivity index (χ0n) is 16.3. The van der Waals surface area contributed by atoms with E-state index in [1.54, 1.807) is 0 Å². The van der Waals surface area contributed by atoms with Crippen LogP contribution in [-0.4, -0.2) is 48.5 Å². The molecule has 3 aromatic rings. The summed E-state index contributed by atoms with van der Waals surface area (Å²) in [5, 5.41) is 2.60. The maximum absolute atomic E-state index is 12.8. The molecule has 1 aliphatic heterocycles. The number of ether oxygens (including phenoxy) is 1. The van der Waals surface area contributed by atoms with Gasteiger partial charge in [-0.25, -0.2) is 0 Å². The molecule has 0 radical (unpaired) electrons. The summed E-state index contributed by atoms with van der Waals surface area (Å²) in [6, 6.07) is 22.5. The van der Waals surface area contributed by atoms with Crippen LogP contribution in [0.1, 0.15) is 22.8 Å². The molecule has 4 nitrogen and oxygen atoms in total. The van der Waals surface area contributed by atoms with E-state index in [1.165, 1.54) is 16.3 Å². The van der Waals surface area contributed by atoms with Gasteiger partial charge in [-0.15, -0.1) is 0 Å². The Morgan fingerprint density at radius 2 is 1.68 bits per heavy atom. The van der Waals surface area contributed by atoms with E-state index in [1.807, 2.05) is 36.1 Å². The number of amides is 1. The van der Waals surface area contributed by atoms with Crippen molar-refractivity contribution in [2.24, 2.45) is 0 Å². The van der Waals surface area contributed by atoms with Crippen LogP contribution in [0.3, 0.4) is 0 Å². The third-order valence-corrected chi connectivity index (χ3v) is 5.33. The molecule has 3 aromatic carbocycles. The first kappa shape index (κ1) is 18.5. The van der Waals surface area contributed by atoms with Crippen LogP contribution in [-0.2, 0) is 6.54 Å². The molecular formula is C24H26N2O2. The van der Waals surface area contributed by atoms with Crippen LogP contribution in [0.2, 0.25) is 0 Å². The van der Waals surface area contributed by atoms with Crippen molar-refractivity contribution in [3.8, 4) is 5.75 Å². The summed E-state index contributed by atoms with van der Waals surface area (Å²) in [5.74, 6) is 0.842. The average molecular weight is 374 g/mol. The minimum absolute atomic E-state index is 0.0892. The van der Waals surface area contributed by atoms with Crippen LogP contribution in [0.4, 0.5) is 0 Å². The number of fused-ring (bicyclic) bond motifs is 1. The highest BCUT2D eigenvalue weighted by molar-refractivity contribution is 5.94. The molecular weight excluding hydrogens is 348 g/mol. The van der Waals surface area contributed by atoms with E-state index in [4.69, 9.17) is 4.74 Å². The molecule has 4 rings (SSSR count). The van der Waals surface area contributed by atoms with Gasteiger partial charge in [-0.2, -0.15) is 0 Å². The van der Waals surface area contributed by atoms with E-state index < -0.39 is 0 Å². The number of hydrogen-bond acceptors (Lipinski definition) is 3. The molecule has 1 saturated heterocycles. The summed E-state index contributed by atoms with van der Waals surface area (Å²) in [4.78, 5) is 17.2. The Kier molecular flexibility index (Phi) is 5.58. The highest BCUT2D eigenvalue weighted by Gasteiger charge is 2.22. The summed E-state index contributed by atoms with van der Waals surface area (Å²) in [6.45, 7) is 6.75. The highest BCUT2D eigenvalue weighted by atomic mass is 16.5. The predicted octanol–water partition coefficient (Wildman–Crippen LogP) is 4.20. The molecule has 0 bridgehead atoms. The van der Waals surface area contributed by atoms with Crippen molar-refractivity contribution >= 4 is 16.7 Å². The smallest absolute Gasteiger partial charge is 0.254 e. The third kappa shape index (κ3) is 4.02. The highest BCUT2D eigenvalue weighted by Crippen LogP contribution is 2.21. The van der Waals surface area contributed by atoms with Crippen LogP contribution in [0.5, 0.6) is 5.75 Å². The minimum atomic E-state index is 0.0892. The zero-order chi connectivity index (χ0) is 19.3. The lowest BCUT2D eigenvalue weighted by atomic mass is 10.0. The van der Waals surface area contributed by atoms with Crippen molar-refractivity contribution in [2.75, 3.05) is 32.8 Å². The molecule has 0 aliphatic carbocycles. The second-order valence-electron chi connectivity index (χ2n) is 7.17. The molecule has 0 aromatic heterocycles. The Bertz CT molecular complexity index is 956. The monoisotopic (exact) mass is 374 g/mol. The summed E-state index contributed by atoms with van der Waals surface area (Å²) in [7, 11) is 0. The SMILES string of the molecule is CCOc1cccc(C(=O)N2CCN(Cc3cccc4ccccc34)CC2)c1. The van der Waals surface area contributed by atoms with Crippen LogP contribution < -0.4 is 4.74 Å². The summed E-state index contributed by atoms with van der Waals surface area (Å²) < 4.78 is 5.52. The first-order valence-corrected chi connectivity index (χ1v) is 9.96. The van der Waals surface area contributed by atoms with Crippen LogP contribution in [0.25, 0.3) is 10.8 Å². The lowest BCUT2D eigenvalue weighted by molar-refractivity contribution is 0.0628. The molecule has 144 valence electrons. The van der Waals surface area contributed by atoms with Gasteiger partial charge in [-0.3, -0.25) is 9.69 Å². The van der Waals surface area contributed by atoms with Gasteiger partial charge >= 0.3 is 0 Å². The number of carbonyl (C=O) groups is 1. The van der Waals surface area contributed by atoms with Crippen molar-refractivity contribution in [2.45, 2.75) is 13.5 Å². The molecule has 0 spiro atoms. The average Bonchev–Trinajstić information content (AvgIpc) is 2.74. The summed E-state index contributed by atoms with van der Waals surface area (Å²) in [6.07, 6.45) is 0. The van der Waals surface area contributed by atoms with Gasteiger partial charge in [0, 0.05) is 38.3 Å². The molecule has 1 heterocycles. The van der Waals surface area contributed by atoms with Gasteiger partial charge in [0.25, 0.3) is 5.91 Å². The minimum Gasteiger partial charge on any atom is -0.494 e. The van der Waals surface area contributed by atoms with Crippen molar-refractivity contribution in [3.63, 3.8) is 0 Å². The number of hydrogen-bond donors (Lipinski definition) is 0. The molecule has 0 atom stereocenters. The Labute approximate surface area is 166 Å². The number of rotatable bonds is 5. The van der Waals surface area contributed by atoms with Crippen molar-refractivity contribution < 1.29 is 9.53 Å². The van der Waals surface area contributed by atoms with Gasteiger partial charge < -0.3 is 9.64 Å². The van der Waals surface area contributed by atoms with E-state index in [0.29, 0.717) is 12.2 Å². The van der Waals surface area contributed by atoms with Crippen molar-refractivity contribution in [1.29, 1.82) is 0 Å². The van der Waals surface area contributed by atoms with Crippen LogP contribution in [0.15, 0.2) is 66.7 Å². The first-order chi connectivity index (χ1) is 13.7. The largest absolute Gasteiger partial charge is 0.494 e. The Morgan fingerprint density at radius 3 is 2.50 bits per heavy atom. The summed E-state index contributed by atoms with van der Waals surface area (Å²) >= 11 is 0. The standard InChI is InChI=1S/C24H26N2O2/c1-2-28-22-11-6-9-20(17-22)24(27)26-15-13-25(14-16-26)18-21-10-5-8-19-7-3-4-12-23(19)21/h3-12,17H,2,13-16,18H2,1H3. The van der Waals surface area contributed by atoms with Crippen molar-refractivity contribution in [3.05, 3.63) is 77.9 Å². The fourth-order valence-electron chi connectivity index (χ4n) is 3.85. The fraction of sp³-hybridized carbons (Fsp3) is 0.292. The van der Waals surface area contributed by atoms with Gasteiger partial charge in [0.15, 0.2) is 0 Å². The molecule has 0 saturated carbocycles. The van der Waals surface area contributed by atoms with E-state index in [0.717, 1.165) is 38.5 Å². The quantitative estimate of drug-likeness (QED) is 0.671. The molecule has 28 heavy (non-hydrogen) atoms.